The van der Waals surface area contributed by atoms with Crippen LogP contribution in [0.15, 0.2) is 42.5 Å². The number of nitrogens with one attached hydrogen (secondary N) is 3. The molecule has 1 fully saturated rings. The van der Waals surface area contributed by atoms with Gasteiger partial charge < -0.3 is 21.1 Å². The van der Waals surface area contributed by atoms with Gasteiger partial charge in [0, 0.05) is 18.5 Å². The fourth-order valence-corrected chi connectivity index (χ4v) is 4.67. The lowest BCUT2D eigenvalue weighted by Crippen LogP contribution is -2.61. The summed E-state index contributed by atoms with van der Waals surface area (Å²) < 4.78 is 0. The van der Waals surface area contributed by atoms with Crippen molar-refractivity contribution in [1.82, 2.24) is 16.0 Å². The molecule has 2 aliphatic rings. The minimum Gasteiger partial charge on any atom is -0.465 e. The molecule has 1 heterocycles. The van der Waals surface area contributed by atoms with Crippen molar-refractivity contribution in [2.75, 3.05) is 0 Å². The van der Waals surface area contributed by atoms with Crippen LogP contribution >= 0.6 is 0 Å². The molecule has 1 saturated carbocycles. The van der Waals surface area contributed by atoms with Gasteiger partial charge in [0.25, 0.3) is 5.91 Å². The minimum atomic E-state index is -1.23. The van der Waals surface area contributed by atoms with E-state index in [-0.39, 0.29) is 5.91 Å². The van der Waals surface area contributed by atoms with Crippen LogP contribution in [-0.2, 0) is 17.8 Å². The third kappa shape index (κ3) is 4.82. The van der Waals surface area contributed by atoms with Gasteiger partial charge in [-0.2, -0.15) is 5.26 Å². The maximum Gasteiger partial charge on any atom is 0.405 e. The lowest BCUT2D eigenvalue weighted by Gasteiger charge is -2.36. The second kappa shape index (κ2) is 9.33. The van der Waals surface area contributed by atoms with Crippen LogP contribution in [0.3, 0.4) is 0 Å². The fraction of sp³-hybridized carbons (Fsp3) is 0.360. The summed E-state index contributed by atoms with van der Waals surface area (Å²) in [6.45, 7) is 0.530. The zero-order valence-corrected chi connectivity index (χ0v) is 18.2. The van der Waals surface area contributed by atoms with E-state index in [4.69, 9.17) is 0 Å². The molecule has 3 amide bonds. The zero-order valence-electron chi connectivity index (χ0n) is 18.2. The first-order valence-electron chi connectivity index (χ1n) is 11.1. The summed E-state index contributed by atoms with van der Waals surface area (Å²) in [5.41, 5.74) is 3.38. The van der Waals surface area contributed by atoms with Crippen molar-refractivity contribution < 1.29 is 19.5 Å². The van der Waals surface area contributed by atoms with E-state index < -0.39 is 23.6 Å². The van der Waals surface area contributed by atoms with Crippen LogP contribution in [-0.4, -0.2) is 34.6 Å². The van der Waals surface area contributed by atoms with Crippen molar-refractivity contribution in [3.63, 3.8) is 0 Å². The topological polar surface area (TPSA) is 131 Å². The number of fused-ring (bicyclic) bond motifs is 1. The smallest absolute Gasteiger partial charge is 0.405 e. The van der Waals surface area contributed by atoms with Gasteiger partial charge in [-0.15, -0.1) is 0 Å². The maximum absolute atomic E-state index is 13.0. The number of hydrogen-bond donors (Lipinski definition) is 4. The van der Waals surface area contributed by atoms with Crippen LogP contribution in [0.5, 0.6) is 0 Å². The molecule has 4 N–H and O–H groups in total. The van der Waals surface area contributed by atoms with E-state index >= 15 is 0 Å². The molecule has 170 valence electrons. The van der Waals surface area contributed by atoms with Gasteiger partial charge in [-0.05, 0) is 47.2 Å². The highest BCUT2D eigenvalue weighted by Crippen LogP contribution is 2.29. The molecule has 8 heteroatoms. The molecule has 0 aromatic heterocycles. The third-order valence-corrected chi connectivity index (χ3v) is 6.47. The number of rotatable bonds is 6. The van der Waals surface area contributed by atoms with Gasteiger partial charge in [-0.1, -0.05) is 49.6 Å². The van der Waals surface area contributed by atoms with E-state index in [1.54, 1.807) is 0 Å². The van der Waals surface area contributed by atoms with Crippen molar-refractivity contribution in [3.8, 4) is 17.2 Å². The van der Waals surface area contributed by atoms with Gasteiger partial charge in [0.1, 0.15) is 11.6 Å². The Bertz CT molecular complexity index is 1110. The van der Waals surface area contributed by atoms with Crippen molar-refractivity contribution in [2.45, 2.75) is 56.7 Å². The second-order valence-electron chi connectivity index (χ2n) is 8.68. The predicted octanol–water partition coefficient (Wildman–Crippen LogP) is 3.12. The Morgan fingerprint density at radius 3 is 2.45 bits per heavy atom. The van der Waals surface area contributed by atoms with E-state index in [0.29, 0.717) is 31.4 Å². The average molecular weight is 447 g/mol. The predicted molar refractivity (Wildman–Crippen MR) is 121 cm³/mol. The van der Waals surface area contributed by atoms with Gasteiger partial charge in [-0.3, -0.25) is 9.59 Å². The number of nitriles is 1. The number of carbonyl (C=O) groups excluding carboxylic acids is 2. The molecule has 0 radical (unpaired) electrons. The number of nitrogens with zero attached hydrogens (tertiary/aromatic N) is 1. The highest BCUT2D eigenvalue weighted by atomic mass is 16.4. The quantitative estimate of drug-likeness (QED) is 0.541. The Kier molecular flexibility index (Phi) is 6.31. The molecule has 8 nitrogen and oxygen atoms in total. The lowest BCUT2D eigenvalue weighted by molar-refractivity contribution is -0.129. The van der Waals surface area contributed by atoms with E-state index in [0.717, 1.165) is 41.5 Å². The van der Waals surface area contributed by atoms with Crippen LogP contribution < -0.4 is 16.0 Å². The molecule has 1 aliphatic heterocycles. The van der Waals surface area contributed by atoms with Crippen molar-refractivity contribution in [2.24, 2.45) is 0 Å². The van der Waals surface area contributed by atoms with Crippen LogP contribution in [0.2, 0.25) is 0 Å². The first-order chi connectivity index (χ1) is 15.9. The molecule has 0 spiro atoms. The zero-order chi connectivity index (χ0) is 23.4. The number of benzene rings is 2. The molecule has 33 heavy (non-hydrogen) atoms. The molecule has 1 aliphatic carbocycles. The molecule has 2 aromatic rings. The Balaban J connectivity index is 1.43. The van der Waals surface area contributed by atoms with Crippen LogP contribution in [0.25, 0.3) is 11.1 Å². The number of carbonyl (C=O) groups is 3. The number of carboxylic acid groups (broad SMARTS) is 1. The first kappa shape index (κ1) is 22.3. The normalized spacial score (nSPS) is 17.2. The maximum atomic E-state index is 13.0. The Labute approximate surface area is 192 Å². The van der Waals surface area contributed by atoms with Gasteiger partial charge >= 0.3 is 6.09 Å². The molecule has 0 bridgehead atoms. The van der Waals surface area contributed by atoms with E-state index in [1.807, 2.05) is 42.5 Å². The first-order valence-corrected chi connectivity index (χ1v) is 11.1. The Morgan fingerprint density at radius 1 is 1.09 bits per heavy atom. The van der Waals surface area contributed by atoms with Crippen molar-refractivity contribution in [3.05, 3.63) is 59.2 Å². The van der Waals surface area contributed by atoms with E-state index in [1.165, 1.54) is 0 Å². The van der Waals surface area contributed by atoms with Crippen LogP contribution in [0.1, 0.15) is 53.6 Å². The van der Waals surface area contributed by atoms with Gasteiger partial charge in [0.05, 0.1) is 6.07 Å². The van der Waals surface area contributed by atoms with Gasteiger partial charge in [-0.25, -0.2) is 4.79 Å². The summed E-state index contributed by atoms with van der Waals surface area (Å²) >= 11 is 0. The van der Waals surface area contributed by atoms with Crippen LogP contribution in [0.4, 0.5) is 4.79 Å². The second-order valence-corrected chi connectivity index (χ2v) is 8.68. The average Bonchev–Trinajstić information content (AvgIpc) is 3.19. The lowest BCUT2D eigenvalue weighted by atomic mass is 9.80. The number of amides is 3. The summed E-state index contributed by atoms with van der Waals surface area (Å²) in [6.07, 6.45) is 2.43. The summed E-state index contributed by atoms with van der Waals surface area (Å²) in [6, 6.07) is 14.8. The summed E-state index contributed by atoms with van der Waals surface area (Å²) in [5, 5.41) is 26.8. The Hall–Kier alpha value is -3.86. The van der Waals surface area contributed by atoms with E-state index in [9.17, 15) is 24.8 Å². The molecule has 4 rings (SSSR count). The molecular weight excluding hydrogens is 420 g/mol. The summed E-state index contributed by atoms with van der Waals surface area (Å²) in [7, 11) is 0. The summed E-state index contributed by atoms with van der Waals surface area (Å²) in [5.74, 6) is -0.487. The monoisotopic (exact) mass is 446 g/mol. The Morgan fingerprint density at radius 2 is 1.79 bits per heavy atom. The van der Waals surface area contributed by atoms with Crippen LogP contribution in [0, 0.1) is 11.3 Å². The molecule has 2 aromatic carbocycles. The molecular formula is C25H26N4O4. The SMILES string of the molecule is N#CC(Cc1ccc(-c2ccc3c(c2)CNC3=O)cc1)NC(=O)C1(NC(=O)O)CCCCC1. The molecule has 1 atom stereocenters. The minimum absolute atomic E-state index is 0.0509. The molecule has 1 unspecified atom stereocenters. The highest BCUT2D eigenvalue weighted by molar-refractivity contribution is 5.98. The third-order valence-electron chi connectivity index (χ3n) is 6.47. The standard InChI is InChI=1S/C25H26N4O4/c26-14-20(28-23(31)25(29-24(32)33)10-2-1-3-11-25)12-16-4-6-17(7-5-16)18-8-9-21-19(13-18)15-27-22(21)30/h4-9,13,20,29H,1-3,10-12,15H2,(H,27,30)(H,28,31)(H,32,33). The van der Waals surface area contributed by atoms with Crippen molar-refractivity contribution >= 4 is 17.9 Å². The van der Waals surface area contributed by atoms with Gasteiger partial charge in [0.15, 0.2) is 0 Å². The van der Waals surface area contributed by atoms with Crippen molar-refractivity contribution in [1.29, 1.82) is 5.26 Å². The summed E-state index contributed by atoms with van der Waals surface area (Å²) in [4.78, 5) is 36.0. The fourth-order valence-electron chi connectivity index (χ4n) is 4.67. The highest BCUT2D eigenvalue weighted by Gasteiger charge is 2.41. The molecule has 0 saturated heterocycles. The van der Waals surface area contributed by atoms with Gasteiger partial charge in [0.2, 0.25) is 5.91 Å². The number of hydrogen-bond acceptors (Lipinski definition) is 4. The van der Waals surface area contributed by atoms with E-state index in [2.05, 4.69) is 22.0 Å². The largest absolute Gasteiger partial charge is 0.465 e.